The molecule has 2 aliphatic rings. The van der Waals surface area contributed by atoms with Crippen LogP contribution in [0.4, 0.5) is 0 Å². The molecule has 0 fully saturated rings. The molecule has 0 unspecified atom stereocenters. The van der Waals surface area contributed by atoms with Crippen molar-refractivity contribution < 1.29 is 9.47 Å². The van der Waals surface area contributed by atoms with Gasteiger partial charge in [0.1, 0.15) is 13.2 Å². The van der Waals surface area contributed by atoms with Gasteiger partial charge in [0.25, 0.3) is 0 Å². The Bertz CT molecular complexity index is 426. The predicted molar refractivity (Wildman–Crippen MR) is 62.2 cm³/mol. The first-order valence-corrected chi connectivity index (χ1v) is 5.80. The smallest absolute Gasteiger partial charge is 0.161 e. The maximum Gasteiger partial charge on any atom is 0.161 e. The average Bonchev–Trinajstić information content (AvgIpc) is 2.27. The zero-order valence-corrected chi connectivity index (χ0v) is 9.80. The van der Waals surface area contributed by atoms with Crippen LogP contribution in [0, 0.1) is 0 Å². The van der Waals surface area contributed by atoms with Crippen LogP contribution in [0.25, 0.3) is 0 Å². The second-order valence-corrected chi connectivity index (χ2v) is 5.14. The van der Waals surface area contributed by atoms with E-state index in [2.05, 4.69) is 31.3 Å². The molecule has 3 nitrogen and oxygen atoms in total. The average molecular weight is 219 g/mol. The van der Waals surface area contributed by atoms with Gasteiger partial charge in [-0.3, -0.25) is 0 Å². The van der Waals surface area contributed by atoms with E-state index in [4.69, 9.17) is 9.47 Å². The van der Waals surface area contributed by atoms with Crippen LogP contribution in [0.15, 0.2) is 12.1 Å². The van der Waals surface area contributed by atoms with Crippen molar-refractivity contribution in [2.45, 2.75) is 25.8 Å². The first-order chi connectivity index (χ1) is 7.67. The molecule has 0 amide bonds. The minimum atomic E-state index is 0.170. The van der Waals surface area contributed by atoms with Crippen molar-refractivity contribution in [1.82, 2.24) is 5.32 Å². The maximum atomic E-state index is 5.64. The topological polar surface area (TPSA) is 30.5 Å². The molecule has 86 valence electrons. The molecular formula is C13H17NO2. The molecule has 0 bridgehead atoms. The summed E-state index contributed by atoms with van der Waals surface area (Å²) in [5, 5.41) is 3.44. The van der Waals surface area contributed by atoms with Crippen LogP contribution in [0.2, 0.25) is 0 Å². The van der Waals surface area contributed by atoms with E-state index in [0.717, 1.165) is 24.6 Å². The highest BCUT2D eigenvalue weighted by Gasteiger charge is 2.29. The lowest BCUT2D eigenvalue weighted by atomic mass is 9.79. The van der Waals surface area contributed by atoms with Crippen molar-refractivity contribution in [2.24, 2.45) is 0 Å². The number of ether oxygens (including phenoxy) is 2. The van der Waals surface area contributed by atoms with Crippen LogP contribution in [-0.4, -0.2) is 19.8 Å². The van der Waals surface area contributed by atoms with Crippen LogP contribution in [0.3, 0.4) is 0 Å². The number of rotatable bonds is 0. The van der Waals surface area contributed by atoms with Gasteiger partial charge in [-0.2, -0.15) is 0 Å². The Kier molecular flexibility index (Phi) is 2.11. The third kappa shape index (κ3) is 1.47. The number of benzene rings is 1. The summed E-state index contributed by atoms with van der Waals surface area (Å²) in [7, 11) is 0. The molecule has 3 heteroatoms. The van der Waals surface area contributed by atoms with Gasteiger partial charge in [-0.15, -0.1) is 0 Å². The van der Waals surface area contributed by atoms with Crippen LogP contribution < -0.4 is 14.8 Å². The van der Waals surface area contributed by atoms with Gasteiger partial charge in [0.2, 0.25) is 0 Å². The number of hydrogen-bond donors (Lipinski definition) is 1. The van der Waals surface area contributed by atoms with Crippen molar-refractivity contribution >= 4 is 0 Å². The molecule has 0 spiro atoms. The fraction of sp³-hybridized carbons (Fsp3) is 0.538. The Morgan fingerprint density at radius 2 is 1.81 bits per heavy atom. The second-order valence-electron chi connectivity index (χ2n) is 5.14. The summed E-state index contributed by atoms with van der Waals surface area (Å²) < 4.78 is 11.2. The van der Waals surface area contributed by atoms with Gasteiger partial charge >= 0.3 is 0 Å². The molecule has 1 N–H and O–H groups in total. The Labute approximate surface area is 95.8 Å². The fourth-order valence-electron chi connectivity index (χ4n) is 2.51. The van der Waals surface area contributed by atoms with Crippen LogP contribution in [-0.2, 0) is 12.0 Å². The van der Waals surface area contributed by atoms with E-state index in [9.17, 15) is 0 Å². The van der Waals surface area contributed by atoms with Crippen molar-refractivity contribution in [3.8, 4) is 11.5 Å². The molecule has 16 heavy (non-hydrogen) atoms. The Balaban J connectivity index is 2.12. The molecule has 1 aromatic rings. The Hall–Kier alpha value is -1.22. The second kappa shape index (κ2) is 3.39. The lowest BCUT2D eigenvalue weighted by Crippen LogP contribution is -2.38. The highest BCUT2D eigenvalue weighted by Crippen LogP contribution is 2.39. The van der Waals surface area contributed by atoms with Crippen molar-refractivity contribution in [3.63, 3.8) is 0 Å². The van der Waals surface area contributed by atoms with Gasteiger partial charge in [0.15, 0.2) is 11.5 Å². The van der Waals surface area contributed by atoms with Crippen molar-refractivity contribution in [3.05, 3.63) is 23.3 Å². The van der Waals surface area contributed by atoms with E-state index in [1.807, 2.05) is 0 Å². The molecule has 2 heterocycles. The van der Waals surface area contributed by atoms with Gasteiger partial charge in [-0.05, 0) is 23.3 Å². The normalized spacial score (nSPS) is 21.4. The Morgan fingerprint density at radius 1 is 1.12 bits per heavy atom. The first-order valence-electron chi connectivity index (χ1n) is 5.80. The third-order valence-electron chi connectivity index (χ3n) is 3.38. The molecule has 0 aromatic heterocycles. The number of fused-ring (bicyclic) bond motifs is 2. The zero-order chi connectivity index (χ0) is 11.2. The molecular weight excluding hydrogens is 202 g/mol. The summed E-state index contributed by atoms with van der Waals surface area (Å²) in [6.45, 7) is 7.77. The molecule has 0 radical (unpaired) electrons. The van der Waals surface area contributed by atoms with Crippen molar-refractivity contribution in [1.29, 1.82) is 0 Å². The van der Waals surface area contributed by atoms with E-state index >= 15 is 0 Å². The maximum absolute atomic E-state index is 5.64. The van der Waals surface area contributed by atoms with Gasteiger partial charge in [-0.25, -0.2) is 0 Å². The number of hydrogen-bond acceptors (Lipinski definition) is 3. The lowest BCUT2D eigenvalue weighted by Gasteiger charge is -2.34. The quantitative estimate of drug-likeness (QED) is 0.722. The van der Waals surface area contributed by atoms with Crippen molar-refractivity contribution in [2.75, 3.05) is 19.8 Å². The minimum Gasteiger partial charge on any atom is -0.486 e. The molecule has 2 aliphatic heterocycles. The largest absolute Gasteiger partial charge is 0.486 e. The highest BCUT2D eigenvalue weighted by atomic mass is 16.6. The van der Waals surface area contributed by atoms with E-state index in [-0.39, 0.29) is 5.41 Å². The zero-order valence-electron chi connectivity index (χ0n) is 9.80. The van der Waals surface area contributed by atoms with Crippen LogP contribution in [0.5, 0.6) is 11.5 Å². The molecule has 1 aromatic carbocycles. The van der Waals surface area contributed by atoms with Crippen LogP contribution >= 0.6 is 0 Å². The van der Waals surface area contributed by atoms with Gasteiger partial charge in [0, 0.05) is 18.5 Å². The summed E-state index contributed by atoms with van der Waals surface area (Å²) in [5.41, 5.74) is 2.89. The van der Waals surface area contributed by atoms with Crippen LogP contribution in [0.1, 0.15) is 25.0 Å². The molecule has 0 atom stereocenters. The minimum absolute atomic E-state index is 0.170. The predicted octanol–water partition coefficient (Wildman–Crippen LogP) is 1.84. The van der Waals surface area contributed by atoms with Gasteiger partial charge in [-0.1, -0.05) is 13.8 Å². The summed E-state index contributed by atoms with van der Waals surface area (Å²) in [5.74, 6) is 1.80. The highest BCUT2D eigenvalue weighted by molar-refractivity contribution is 5.51. The standard InChI is InChI=1S/C13H17NO2/c1-13(2)8-14-7-9-5-11-12(6-10(9)13)16-4-3-15-11/h5-6,14H,3-4,7-8H2,1-2H3. The van der Waals surface area contributed by atoms with Gasteiger partial charge in [0.05, 0.1) is 0 Å². The monoisotopic (exact) mass is 219 g/mol. The summed E-state index contributed by atoms with van der Waals surface area (Å²) in [4.78, 5) is 0. The molecule has 3 rings (SSSR count). The molecule has 0 saturated carbocycles. The van der Waals surface area contributed by atoms with E-state index in [1.165, 1.54) is 11.1 Å². The summed E-state index contributed by atoms with van der Waals surface area (Å²) in [6.07, 6.45) is 0. The fourth-order valence-corrected chi connectivity index (χ4v) is 2.51. The molecule has 0 aliphatic carbocycles. The third-order valence-corrected chi connectivity index (χ3v) is 3.38. The Morgan fingerprint density at radius 3 is 2.56 bits per heavy atom. The van der Waals surface area contributed by atoms with Gasteiger partial charge < -0.3 is 14.8 Å². The lowest BCUT2D eigenvalue weighted by molar-refractivity contribution is 0.170. The first kappa shape index (κ1) is 9.97. The summed E-state index contributed by atoms with van der Waals surface area (Å²) >= 11 is 0. The van der Waals surface area contributed by atoms with E-state index in [0.29, 0.717) is 13.2 Å². The number of nitrogens with one attached hydrogen (secondary N) is 1. The SMILES string of the molecule is CC1(C)CNCc2cc3c(cc21)OCCO3. The summed E-state index contributed by atoms with van der Waals surface area (Å²) in [6, 6.07) is 4.28. The van der Waals surface area contributed by atoms with E-state index in [1.54, 1.807) is 0 Å². The molecule has 0 saturated heterocycles. The van der Waals surface area contributed by atoms with E-state index < -0.39 is 0 Å².